The molecule has 0 spiro atoms. The summed E-state index contributed by atoms with van der Waals surface area (Å²) in [5.74, 6) is 0.336. The minimum absolute atomic E-state index is 0. The van der Waals surface area contributed by atoms with Crippen molar-refractivity contribution in [2.75, 3.05) is 0 Å². The van der Waals surface area contributed by atoms with Gasteiger partial charge in [0.1, 0.15) is 0 Å². The van der Waals surface area contributed by atoms with Gasteiger partial charge in [0.2, 0.25) is 0 Å². The summed E-state index contributed by atoms with van der Waals surface area (Å²) in [5, 5.41) is 3.85. The summed E-state index contributed by atoms with van der Waals surface area (Å²) >= 11 is 0. The summed E-state index contributed by atoms with van der Waals surface area (Å²) in [7, 11) is 0. The number of primary amides is 1. The van der Waals surface area contributed by atoms with Gasteiger partial charge < -0.3 is 48.0 Å². The number of nitrogens with one attached hydrogen (secondary N) is 1. The molecule has 3 N–H and O–H groups in total. The molecule has 2 fully saturated rings. The highest BCUT2D eigenvalue weighted by molar-refractivity contribution is 5.97. The van der Waals surface area contributed by atoms with Crippen LogP contribution in [0, 0.1) is 5.92 Å². The maximum absolute atomic E-state index is 11.2. The van der Waals surface area contributed by atoms with E-state index in [0.29, 0.717) is 5.92 Å². The molecule has 2 aliphatic rings. The lowest BCUT2D eigenvalue weighted by molar-refractivity contribution is -0.578. The maximum atomic E-state index is 11.2. The van der Waals surface area contributed by atoms with Crippen molar-refractivity contribution in [2.45, 2.75) is 31.7 Å². The highest BCUT2D eigenvalue weighted by atomic mass is 127. The first-order valence-electron chi connectivity index (χ1n) is 4.47. The third kappa shape index (κ3) is 3.02. The summed E-state index contributed by atoms with van der Waals surface area (Å²) < 4.78 is 0. The fourth-order valence-corrected chi connectivity index (χ4v) is 2.15. The number of hydrogen-bond donors (Lipinski definition) is 2. The SMILES string of the molecule is O=C1NC(=O)C(C2CCCC2)[NH2+]1.[I-].[I-]. The molecule has 1 saturated heterocycles. The Morgan fingerprint density at radius 3 is 2.14 bits per heavy atom. The normalized spacial score (nSPS) is 26.7. The van der Waals surface area contributed by atoms with Crippen LogP contribution in [0.5, 0.6) is 0 Å². The summed E-state index contributed by atoms with van der Waals surface area (Å²) in [4.78, 5) is 22.0. The van der Waals surface area contributed by atoms with Crippen LogP contribution in [0.3, 0.4) is 0 Å². The predicted molar refractivity (Wildman–Crippen MR) is 41.2 cm³/mol. The van der Waals surface area contributed by atoms with Gasteiger partial charge in [0.15, 0.2) is 6.04 Å². The van der Waals surface area contributed by atoms with E-state index in [2.05, 4.69) is 5.32 Å². The van der Waals surface area contributed by atoms with E-state index in [1.807, 2.05) is 0 Å². The van der Waals surface area contributed by atoms with E-state index < -0.39 is 0 Å². The van der Waals surface area contributed by atoms with E-state index in [1.54, 1.807) is 5.32 Å². The molecule has 6 heteroatoms. The van der Waals surface area contributed by atoms with Crippen molar-refractivity contribution in [2.24, 2.45) is 5.92 Å². The average molecular weight is 423 g/mol. The highest BCUT2D eigenvalue weighted by Gasteiger charge is 2.41. The average Bonchev–Trinajstić information content (AvgIpc) is 2.58. The molecule has 82 valence electrons. The fourth-order valence-electron chi connectivity index (χ4n) is 2.15. The minimum atomic E-state index is -0.211. The molecule has 1 aliphatic heterocycles. The first kappa shape index (κ1) is 14.6. The first-order chi connectivity index (χ1) is 5.77. The van der Waals surface area contributed by atoms with E-state index in [4.69, 9.17) is 0 Å². The van der Waals surface area contributed by atoms with Crippen LogP contribution in [0.2, 0.25) is 0 Å². The number of rotatable bonds is 1. The predicted octanol–water partition coefficient (Wildman–Crippen LogP) is -6.63. The van der Waals surface area contributed by atoms with Crippen molar-refractivity contribution in [3.63, 3.8) is 0 Å². The molecule has 0 aromatic rings. The molecule has 2 rings (SSSR count). The number of hydrogen-bond acceptors (Lipinski definition) is 2. The topological polar surface area (TPSA) is 62.8 Å². The zero-order chi connectivity index (χ0) is 8.55. The fraction of sp³-hybridized carbons (Fsp3) is 0.750. The van der Waals surface area contributed by atoms with Gasteiger partial charge in [-0.1, -0.05) is 12.8 Å². The summed E-state index contributed by atoms with van der Waals surface area (Å²) in [5.41, 5.74) is 0. The van der Waals surface area contributed by atoms with Gasteiger partial charge in [-0.15, -0.1) is 0 Å². The quantitative estimate of drug-likeness (QED) is 0.326. The van der Waals surface area contributed by atoms with Crippen LogP contribution in [0.15, 0.2) is 0 Å². The van der Waals surface area contributed by atoms with Crippen molar-refractivity contribution in [3.05, 3.63) is 0 Å². The zero-order valence-corrected chi connectivity index (χ0v) is 11.9. The Hall–Kier alpha value is 0.560. The lowest BCUT2D eigenvalue weighted by Gasteiger charge is -2.09. The summed E-state index contributed by atoms with van der Waals surface area (Å²) in [6, 6.07) is -0.336. The Labute approximate surface area is 117 Å². The van der Waals surface area contributed by atoms with E-state index in [1.165, 1.54) is 12.8 Å². The molecule has 0 aromatic heterocycles. The van der Waals surface area contributed by atoms with E-state index in [0.717, 1.165) is 12.8 Å². The van der Waals surface area contributed by atoms with Crippen LogP contribution in [0.1, 0.15) is 25.7 Å². The number of amides is 3. The van der Waals surface area contributed by atoms with Gasteiger partial charge in [0.25, 0.3) is 5.91 Å². The summed E-state index contributed by atoms with van der Waals surface area (Å²) in [6.07, 6.45) is 4.61. The Kier molecular flexibility index (Phi) is 6.46. The Bertz CT molecular complexity index is 229. The van der Waals surface area contributed by atoms with Crippen molar-refractivity contribution in [3.8, 4) is 0 Å². The maximum Gasteiger partial charge on any atom is 0.420 e. The Morgan fingerprint density at radius 2 is 1.71 bits per heavy atom. The molecule has 1 aliphatic carbocycles. The molecule has 0 aromatic carbocycles. The van der Waals surface area contributed by atoms with Gasteiger partial charge in [0.05, 0.1) is 0 Å². The van der Waals surface area contributed by atoms with Gasteiger partial charge >= 0.3 is 6.03 Å². The third-order valence-electron chi connectivity index (χ3n) is 2.79. The van der Waals surface area contributed by atoms with Crippen LogP contribution >= 0.6 is 0 Å². The number of carbonyl (C=O) groups is 2. The molecule has 1 unspecified atom stereocenters. The summed E-state index contributed by atoms with van der Waals surface area (Å²) in [6.45, 7) is 0. The molecule has 1 saturated carbocycles. The Balaban J connectivity index is 0.000000845. The number of halogens is 2. The van der Waals surface area contributed by atoms with Crippen molar-refractivity contribution in [1.82, 2.24) is 5.32 Å². The molecule has 0 bridgehead atoms. The van der Waals surface area contributed by atoms with Gasteiger partial charge in [-0.25, -0.2) is 10.1 Å². The minimum Gasteiger partial charge on any atom is -1.00 e. The first-order valence-corrected chi connectivity index (χ1v) is 4.47. The van der Waals surface area contributed by atoms with Crippen LogP contribution < -0.4 is 58.6 Å². The molecular weight excluding hydrogens is 410 g/mol. The van der Waals surface area contributed by atoms with Crippen molar-refractivity contribution >= 4 is 11.9 Å². The lowest BCUT2D eigenvalue weighted by Crippen LogP contribution is -3.00. The zero-order valence-electron chi connectivity index (χ0n) is 7.63. The molecule has 14 heavy (non-hydrogen) atoms. The molecule has 3 amide bonds. The number of nitrogens with two attached hydrogens (primary N) is 1. The van der Waals surface area contributed by atoms with Crippen LogP contribution in [0.4, 0.5) is 4.79 Å². The lowest BCUT2D eigenvalue weighted by atomic mass is 9.99. The third-order valence-corrected chi connectivity index (χ3v) is 2.79. The smallest absolute Gasteiger partial charge is 0.420 e. The van der Waals surface area contributed by atoms with Crippen LogP contribution in [-0.2, 0) is 4.79 Å². The largest absolute Gasteiger partial charge is 1.00 e. The molecular formula is C8H13I2N2O2-. The van der Waals surface area contributed by atoms with Crippen LogP contribution in [0.25, 0.3) is 0 Å². The number of imide groups is 1. The second-order valence-electron chi connectivity index (χ2n) is 3.59. The highest BCUT2D eigenvalue weighted by Crippen LogP contribution is 2.26. The van der Waals surface area contributed by atoms with Crippen LogP contribution in [-0.4, -0.2) is 18.0 Å². The Morgan fingerprint density at radius 1 is 1.14 bits per heavy atom. The molecule has 0 radical (unpaired) electrons. The number of carbonyl (C=O) groups excluding carboxylic acids is 2. The van der Waals surface area contributed by atoms with Crippen molar-refractivity contribution in [1.29, 1.82) is 0 Å². The molecule has 1 heterocycles. The van der Waals surface area contributed by atoms with Gasteiger partial charge in [0, 0.05) is 5.92 Å². The second kappa shape index (κ2) is 6.21. The van der Waals surface area contributed by atoms with Crippen molar-refractivity contribution < 1.29 is 62.9 Å². The van der Waals surface area contributed by atoms with Gasteiger partial charge in [-0.05, 0) is 12.8 Å². The van der Waals surface area contributed by atoms with E-state index in [-0.39, 0.29) is 65.9 Å². The monoisotopic (exact) mass is 423 g/mol. The standard InChI is InChI=1S/C8H12N2O2.2HI/c11-7-6(9-8(12)10-7)5-3-1-2-4-5;;/h5-6H,1-4H2,(H2,9,10,11,12);2*1H/p-1. The van der Waals surface area contributed by atoms with Gasteiger partial charge in [-0.2, -0.15) is 0 Å². The van der Waals surface area contributed by atoms with Gasteiger partial charge in [-0.3, -0.25) is 10.1 Å². The van der Waals surface area contributed by atoms with E-state index in [9.17, 15) is 9.59 Å². The molecule has 4 nitrogen and oxygen atoms in total. The van der Waals surface area contributed by atoms with E-state index >= 15 is 0 Å². The second-order valence-corrected chi connectivity index (χ2v) is 3.59. The molecule has 1 atom stereocenters. The number of urea groups is 1. The number of quaternary nitrogens is 1.